The molecule has 0 radical (unpaired) electrons. The maximum absolute atomic E-state index is 14.2. The summed E-state index contributed by atoms with van der Waals surface area (Å²) in [5.41, 5.74) is 4.93. The van der Waals surface area contributed by atoms with Crippen LogP contribution >= 0.6 is 0 Å². The molecule has 41 heavy (non-hydrogen) atoms. The first-order valence-electron chi connectivity index (χ1n) is 15.9. The Kier molecular flexibility index (Phi) is 12.5. The molecule has 1 amide bonds. The van der Waals surface area contributed by atoms with Gasteiger partial charge in [-0.05, 0) is 67.3 Å². The van der Waals surface area contributed by atoms with Gasteiger partial charge in [-0.15, -0.1) is 0 Å². The normalized spacial score (nSPS) is 15.5. The third-order valence-electron chi connectivity index (χ3n) is 8.20. The highest BCUT2D eigenvalue weighted by Gasteiger charge is 2.27. The number of allylic oxidation sites excluding steroid dienone is 2. The average Bonchev–Trinajstić information content (AvgIpc) is 3.39. The van der Waals surface area contributed by atoms with Gasteiger partial charge in [0.2, 0.25) is 5.91 Å². The standard InChI is InChI=1S/C36H56N3O2/c1-9-12-20-38(34-16-13-15-30(23-34)27-39(6,7)8)36(40)26-37(33(11-3)22-28(4)14-10-2)25-29(5)31-17-18-35-32(24-31)19-21-41-35/h10,13-18,23-24,28-29,33H,9,11-12,19-22,25-27H2,1-8H3/q+1/b14-10+/t28?,29-,33?/m1/s1. The molecule has 226 valence electrons. The lowest BCUT2D eigenvalue weighted by atomic mass is 9.94. The van der Waals surface area contributed by atoms with Crippen molar-refractivity contribution >= 4 is 11.6 Å². The van der Waals surface area contributed by atoms with Gasteiger partial charge < -0.3 is 14.1 Å². The van der Waals surface area contributed by atoms with Gasteiger partial charge in [0.05, 0.1) is 34.3 Å². The average molecular weight is 563 g/mol. The third kappa shape index (κ3) is 10.0. The summed E-state index contributed by atoms with van der Waals surface area (Å²) in [7, 11) is 6.62. The SMILES string of the molecule is C/C=C/C(C)CC(CC)N(CC(=O)N(CCCC)c1cccc(C[N+](C)(C)C)c1)C[C@@H](C)c1ccc2c(c1)CCO2. The highest BCUT2D eigenvalue weighted by atomic mass is 16.5. The van der Waals surface area contributed by atoms with Crippen LogP contribution in [0.15, 0.2) is 54.6 Å². The Morgan fingerprint density at radius 3 is 2.56 bits per heavy atom. The second kappa shape index (κ2) is 15.6. The zero-order chi connectivity index (χ0) is 30.0. The molecule has 0 saturated heterocycles. The van der Waals surface area contributed by atoms with Crippen molar-refractivity contribution in [1.29, 1.82) is 0 Å². The van der Waals surface area contributed by atoms with E-state index in [2.05, 4.69) is 120 Å². The van der Waals surface area contributed by atoms with Gasteiger partial charge in [0.1, 0.15) is 12.3 Å². The van der Waals surface area contributed by atoms with Gasteiger partial charge in [0.25, 0.3) is 0 Å². The van der Waals surface area contributed by atoms with Crippen LogP contribution < -0.4 is 9.64 Å². The molecule has 0 saturated carbocycles. The highest BCUT2D eigenvalue weighted by Crippen LogP contribution is 2.30. The molecule has 1 aliphatic rings. The molecule has 3 atom stereocenters. The topological polar surface area (TPSA) is 32.8 Å². The number of benzene rings is 2. The first-order chi connectivity index (χ1) is 19.5. The Labute approximate surface area is 250 Å². The number of carbonyl (C=O) groups excluding carboxylic acids is 1. The summed E-state index contributed by atoms with van der Waals surface area (Å²) in [6.07, 6.45) is 9.55. The van der Waals surface area contributed by atoms with Gasteiger partial charge in [0.15, 0.2) is 0 Å². The fraction of sp³-hybridized carbons (Fsp3) is 0.583. The second-order valence-corrected chi connectivity index (χ2v) is 13.1. The van der Waals surface area contributed by atoms with E-state index in [0.717, 1.165) is 74.3 Å². The monoisotopic (exact) mass is 562 g/mol. The number of unbranched alkanes of at least 4 members (excludes halogenated alkanes) is 1. The minimum absolute atomic E-state index is 0.201. The van der Waals surface area contributed by atoms with Crippen LogP contribution in [-0.2, 0) is 17.8 Å². The van der Waals surface area contributed by atoms with Crippen LogP contribution in [0.5, 0.6) is 5.75 Å². The molecule has 2 aromatic rings. The Hall–Kier alpha value is -2.63. The lowest BCUT2D eigenvalue weighted by Crippen LogP contribution is -2.46. The number of ether oxygens (including phenoxy) is 1. The van der Waals surface area contributed by atoms with E-state index in [-0.39, 0.29) is 5.91 Å². The molecule has 2 unspecified atom stereocenters. The minimum Gasteiger partial charge on any atom is -0.493 e. The van der Waals surface area contributed by atoms with Crippen molar-refractivity contribution in [2.24, 2.45) is 5.92 Å². The summed E-state index contributed by atoms with van der Waals surface area (Å²) in [5, 5.41) is 0. The van der Waals surface area contributed by atoms with Crippen molar-refractivity contribution in [2.45, 2.75) is 85.2 Å². The van der Waals surface area contributed by atoms with E-state index in [1.165, 1.54) is 16.7 Å². The van der Waals surface area contributed by atoms with E-state index in [0.29, 0.717) is 24.4 Å². The molecule has 0 aliphatic carbocycles. The number of hydrogen-bond acceptors (Lipinski definition) is 3. The van der Waals surface area contributed by atoms with Crippen molar-refractivity contribution in [3.05, 3.63) is 71.3 Å². The fourth-order valence-corrected chi connectivity index (χ4v) is 6.07. The Morgan fingerprint density at radius 1 is 1.10 bits per heavy atom. The Balaban J connectivity index is 1.88. The number of hydrogen-bond donors (Lipinski definition) is 0. The van der Waals surface area contributed by atoms with Crippen molar-refractivity contribution in [1.82, 2.24) is 4.90 Å². The number of anilines is 1. The number of carbonyl (C=O) groups is 1. The van der Waals surface area contributed by atoms with E-state index >= 15 is 0 Å². The molecule has 0 spiro atoms. The number of nitrogens with zero attached hydrogens (tertiary/aromatic N) is 3. The molecule has 0 fully saturated rings. The van der Waals surface area contributed by atoms with Crippen molar-refractivity contribution in [3.63, 3.8) is 0 Å². The molecule has 1 heterocycles. The fourth-order valence-electron chi connectivity index (χ4n) is 6.07. The van der Waals surface area contributed by atoms with Gasteiger partial charge in [-0.25, -0.2) is 0 Å². The lowest BCUT2D eigenvalue weighted by Gasteiger charge is -2.36. The van der Waals surface area contributed by atoms with Crippen LogP contribution in [0.4, 0.5) is 5.69 Å². The summed E-state index contributed by atoms with van der Waals surface area (Å²) < 4.78 is 6.61. The second-order valence-electron chi connectivity index (χ2n) is 13.1. The van der Waals surface area contributed by atoms with Crippen molar-refractivity contribution in [3.8, 4) is 5.75 Å². The molecule has 2 aromatic carbocycles. The van der Waals surface area contributed by atoms with Gasteiger partial charge in [0, 0.05) is 36.8 Å². The number of quaternary nitrogens is 1. The van der Waals surface area contributed by atoms with Crippen LogP contribution in [0.3, 0.4) is 0 Å². The minimum atomic E-state index is 0.201. The molecule has 5 nitrogen and oxygen atoms in total. The molecular weight excluding hydrogens is 506 g/mol. The summed E-state index contributed by atoms with van der Waals surface area (Å²) in [6, 6.07) is 15.6. The van der Waals surface area contributed by atoms with Crippen molar-refractivity contribution < 1.29 is 14.0 Å². The first-order valence-corrected chi connectivity index (χ1v) is 15.9. The zero-order valence-electron chi connectivity index (χ0n) is 27.2. The van der Waals surface area contributed by atoms with E-state index in [1.807, 2.05) is 0 Å². The Morgan fingerprint density at radius 2 is 1.88 bits per heavy atom. The molecule has 0 N–H and O–H groups in total. The summed E-state index contributed by atoms with van der Waals surface area (Å²) in [4.78, 5) is 18.7. The van der Waals surface area contributed by atoms with Crippen LogP contribution in [0.25, 0.3) is 0 Å². The van der Waals surface area contributed by atoms with Crippen LogP contribution in [0, 0.1) is 5.92 Å². The maximum Gasteiger partial charge on any atom is 0.241 e. The number of fused-ring (bicyclic) bond motifs is 1. The van der Waals surface area contributed by atoms with Gasteiger partial charge >= 0.3 is 0 Å². The highest BCUT2D eigenvalue weighted by molar-refractivity contribution is 5.94. The summed E-state index contributed by atoms with van der Waals surface area (Å²) in [5.74, 6) is 2.02. The number of rotatable bonds is 16. The predicted octanol–water partition coefficient (Wildman–Crippen LogP) is 7.45. The van der Waals surface area contributed by atoms with Crippen LogP contribution in [0.2, 0.25) is 0 Å². The number of amides is 1. The van der Waals surface area contributed by atoms with Crippen molar-refractivity contribution in [2.75, 3.05) is 52.3 Å². The summed E-state index contributed by atoms with van der Waals surface area (Å²) in [6.45, 7) is 14.9. The van der Waals surface area contributed by atoms with E-state index in [1.54, 1.807) is 0 Å². The van der Waals surface area contributed by atoms with E-state index in [9.17, 15) is 4.79 Å². The van der Waals surface area contributed by atoms with E-state index in [4.69, 9.17) is 4.74 Å². The Bertz CT molecular complexity index is 1140. The zero-order valence-corrected chi connectivity index (χ0v) is 27.2. The van der Waals surface area contributed by atoms with Crippen LogP contribution in [0.1, 0.15) is 82.9 Å². The van der Waals surface area contributed by atoms with Crippen LogP contribution in [-0.4, -0.2) is 68.7 Å². The van der Waals surface area contributed by atoms with Gasteiger partial charge in [-0.3, -0.25) is 9.69 Å². The molecule has 5 heteroatoms. The molecule has 1 aliphatic heterocycles. The largest absolute Gasteiger partial charge is 0.493 e. The quantitative estimate of drug-likeness (QED) is 0.157. The van der Waals surface area contributed by atoms with Gasteiger partial charge in [-0.1, -0.05) is 70.5 Å². The first kappa shape index (κ1) is 32.9. The lowest BCUT2D eigenvalue weighted by molar-refractivity contribution is -0.884. The maximum atomic E-state index is 14.2. The molecule has 0 aromatic heterocycles. The smallest absolute Gasteiger partial charge is 0.241 e. The van der Waals surface area contributed by atoms with Gasteiger partial charge in [-0.2, -0.15) is 0 Å². The third-order valence-corrected chi connectivity index (χ3v) is 8.20. The molecule has 0 bridgehead atoms. The predicted molar refractivity (Wildman–Crippen MR) is 174 cm³/mol. The molecule has 3 rings (SSSR count). The molecular formula is C36H56N3O2+. The van der Waals surface area contributed by atoms with E-state index < -0.39 is 0 Å². The summed E-state index contributed by atoms with van der Waals surface area (Å²) >= 11 is 0.